The van der Waals surface area contributed by atoms with Crippen LogP contribution in [0.25, 0.3) is 0 Å². The highest BCUT2D eigenvalue weighted by Crippen LogP contribution is 2.17. The number of rotatable bonds is 3. The largest absolute Gasteiger partial charge is 0.370 e. The zero-order chi connectivity index (χ0) is 8.10. The molecule has 0 aromatic carbocycles. The lowest BCUT2D eigenvalue weighted by Gasteiger charge is -2.26. The van der Waals surface area contributed by atoms with E-state index in [-0.39, 0.29) is 0 Å². The molecule has 3 nitrogen and oxygen atoms in total. The van der Waals surface area contributed by atoms with Gasteiger partial charge in [0.15, 0.2) is 5.96 Å². The Morgan fingerprint density at radius 2 is 2.36 bits per heavy atom. The van der Waals surface area contributed by atoms with Crippen LogP contribution in [0.1, 0.15) is 32.6 Å². The first-order valence-corrected chi connectivity index (χ1v) is 4.39. The molecule has 0 heterocycles. The second-order valence-electron chi connectivity index (χ2n) is 3.04. The second-order valence-corrected chi connectivity index (χ2v) is 3.04. The Kier molecular flexibility index (Phi) is 3.20. The summed E-state index contributed by atoms with van der Waals surface area (Å²) in [4.78, 5) is 4.15. The van der Waals surface area contributed by atoms with E-state index in [1.54, 1.807) is 0 Å². The van der Waals surface area contributed by atoms with E-state index in [1.807, 2.05) is 0 Å². The summed E-state index contributed by atoms with van der Waals surface area (Å²) in [5.74, 6) is 0.622. The number of aliphatic imine (C=N–C) groups is 1. The molecule has 3 N–H and O–H groups in total. The van der Waals surface area contributed by atoms with Gasteiger partial charge in [0, 0.05) is 12.6 Å². The quantitative estimate of drug-likeness (QED) is 0.469. The Morgan fingerprint density at radius 1 is 1.64 bits per heavy atom. The van der Waals surface area contributed by atoms with Crippen molar-refractivity contribution in [1.29, 1.82) is 0 Å². The van der Waals surface area contributed by atoms with Crippen LogP contribution in [0.15, 0.2) is 4.99 Å². The van der Waals surface area contributed by atoms with Crippen LogP contribution in [0.3, 0.4) is 0 Å². The molecule has 0 spiro atoms. The molecule has 0 aromatic heterocycles. The first-order valence-electron chi connectivity index (χ1n) is 4.39. The van der Waals surface area contributed by atoms with Crippen LogP contribution in [-0.2, 0) is 0 Å². The molecule has 11 heavy (non-hydrogen) atoms. The third-order valence-corrected chi connectivity index (χ3v) is 1.96. The van der Waals surface area contributed by atoms with Crippen molar-refractivity contribution in [2.24, 2.45) is 10.7 Å². The maximum atomic E-state index is 5.61. The minimum Gasteiger partial charge on any atom is -0.370 e. The van der Waals surface area contributed by atoms with Crippen LogP contribution in [0.2, 0.25) is 0 Å². The van der Waals surface area contributed by atoms with E-state index in [0.717, 1.165) is 13.0 Å². The number of hydrogen-bond acceptors (Lipinski definition) is 1. The van der Waals surface area contributed by atoms with E-state index in [2.05, 4.69) is 17.2 Å². The van der Waals surface area contributed by atoms with E-state index in [1.165, 1.54) is 19.3 Å². The molecule has 0 saturated heterocycles. The lowest BCUT2D eigenvalue weighted by atomic mass is 9.93. The summed E-state index contributed by atoms with van der Waals surface area (Å²) in [5, 5.41) is 3.18. The second kappa shape index (κ2) is 4.21. The number of hydrogen-bond donors (Lipinski definition) is 2. The van der Waals surface area contributed by atoms with E-state index >= 15 is 0 Å². The molecule has 1 rings (SSSR count). The molecule has 1 saturated carbocycles. The molecule has 0 bridgehead atoms. The third kappa shape index (κ3) is 2.78. The van der Waals surface area contributed by atoms with Crippen LogP contribution < -0.4 is 11.1 Å². The van der Waals surface area contributed by atoms with Crippen molar-refractivity contribution in [3.05, 3.63) is 0 Å². The number of nitrogens with zero attached hydrogens (tertiary/aromatic N) is 1. The summed E-state index contributed by atoms with van der Waals surface area (Å²) in [5.41, 5.74) is 5.61. The fourth-order valence-electron chi connectivity index (χ4n) is 1.04. The standard InChI is InChI=1S/C8H17N3/c1-2-6-10-8(9)11-7-4-3-5-7/h7H,2-6H2,1H3,(H3,9,10,11). The maximum Gasteiger partial charge on any atom is 0.188 e. The predicted octanol–water partition coefficient (Wildman–Crippen LogP) is 0.853. The lowest BCUT2D eigenvalue weighted by Crippen LogP contribution is -2.43. The Morgan fingerprint density at radius 3 is 2.82 bits per heavy atom. The molecule has 0 atom stereocenters. The van der Waals surface area contributed by atoms with Crippen LogP contribution in [0, 0.1) is 0 Å². The lowest BCUT2D eigenvalue weighted by molar-refractivity contribution is 0.382. The molecule has 0 radical (unpaired) electrons. The molecule has 0 aromatic rings. The van der Waals surface area contributed by atoms with Crippen molar-refractivity contribution in [1.82, 2.24) is 5.32 Å². The summed E-state index contributed by atoms with van der Waals surface area (Å²) in [6.45, 7) is 2.94. The summed E-state index contributed by atoms with van der Waals surface area (Å²) in [7, 11) is 0. The van der Waals surface area contributed by atoms with Crippen molar-refractivity contribution >= 4 is 5.96 Å². The zero-order valence-electron chi connectivity index (χ0n) is 7.14. The van der Waals surface area contributed by atoms with Gasteiger partial charge in [0.25, 0.3) is 0 Å². The zero-order valence-corrected chi connectivity index (χ0v) is 7.14. The average molecular weight is 155 g/mol. The van der Waals surface area contributed by atoms with E-state index in [9.17, 15) is 0 Å². The van der Waals surface area contributed by atoms with Gasteiger partial charge in [0.2, 0.25) is 0 Å². The van der Waals surface area contributed by atoms with E-state index in [4.69, 9.17) is 5.73 Å². The SMILES string of the molecule is CCCN=C(N)NC1CCC1. The first-order chi connectivity index (χ1) is 5.33. The molecular weight excluding hydrogens is 138 g/mol. The van der Waals surface area contributed by atoms with Gasteiger partial charge < -0.3 is 11.1 Å². The van der Waals surface area contributed by atoms with Crippen LogP contribution in [0.5, 0.6) is 0 Å². The highest BCUT2D eigenvalue weighted by Gasteiger charge is 2.16. The van der Waals surface area contributed by atoms with Gasteiger partial charge in [-0.05, 0) is 25.7 Å². The molecule has 1 aliphatic carbocycles. The van der Waals surface area contributed by atoms with Gasteiger partial charge in [0.05, 0.1) is 0 Å². The van der Waals surface area contributed by atoms with Crippen molar-refractivity contribution in [2.45, 2.75) is 38.6 Å². The summed E-state index contributed by atoms with van der Waals surface area (Å²) >= 11 is 0. The van der Waals surface area contributed by atoms with Crippen LogP contribution in [-0.4, -0.2) is 18.5 Å². The van der Waals surface area contributed by atoms with Crippen molar-refractivity contribution in [3.8, 4) is 0 Å². The van der Waals surface area contributed by atoms with Crippen LogP contribution in [0.4, 0.5) is 0 Å². The van der Waals surface area contributed by atoms with Gasteiger partial charge in [-0.15, -0.1) is 0 Å². The smallest absolute Gasteiger partial charge is 0.188 e. The third-order valence-electron chi connectivity index (χ3n) is 1.96. The number of nitrogens with one attached hydrogen (secondary N) is 1. The minimum atomic E-state index is 0.607. The highest BCUT2D eigenvalue weighted by atomic mass is 15.1. The number of nitrogens with two attached hydrogens (primary N) is 1. The molecule has 64 valence electrons. The topological polar surface area (TPSA) is 50.4 Å². The molecule has 3 heteroatoms. The van der Waals surface area contributed by atoms with Gasteiger partial charge >= 0.3 is 0 Å². The monoisotopic (exact) mass is 155 g/mol. The van der Waals surface area contributed by atoms with Crippen molar-refractivity contribution < 1.29 is 0 Å². The average Bonchev–Trinajstić information content (AvgIpc) is 1.93. The van der Waals surface area contributed by atoms with Gasteiger partial charge in [-0.3, -0.25) is 4.99 Å². The highest BCUT2D eigenvalue weighted by molar-refractivity contribution is 5.78. The summed E-state index contributed by atoms with van der Waals surface area (Å²) in [6.07, 6.45) is 4.90. The molecule has 0 aliphatic heterocycles. The van der Waals surface area contributed by atoms with E-state index < -0.39 is 0 Å². The molecule has 0 unspecified atom stereocenters. The molecule has 0 amide bonds. The Bertz CT molecular complexity index is 138. The van der Waals surface area contributed by atoms with Crippen LogP contribution >= 0.6 is 0 Å². The maximum absolute atomic E-state index is 5.61. The fourth-order valence-corrected chi connectivity index (χ4v) is 1.04. The minimum absolute atomic E-state index is 0.607. The Balaban J connectivity index is 2.12. The molecular formula is C8H17N3. The number of guanidine groups is 1. The first kappa shape index (κ1) is 8.37. The molecule has 1 aliphatic rings. The summed E-state index contributed by atoms with van der Waals surface area (Å²) in [6, 6.07) is 0.607. The van der Waals surface area contributed by atoms with Gasteiger partial charge in [-0.2, -0.15) is 0 Å². The van der Waals surface area contributed by atoms with Crippen molar-refractivity contribution in [2.75, 3.05) is 6.54 Å². The Hall–Kier alpha value is -0.730. The van der Waals surface area contributed by atoms with E-state index in [0.29, 0.717) is 12.0 Å². The van der Waals surface area contributed by atoms with Gasteiger partial charge in [-0.1, -0.05) is 6.92 Å². The fraction of sp³-hybridized carbons (Fsp3) is 0.875. The summed E-state index contributed by atoms with van der Waals surface area (Å²) < 4.78 is 0. The van der Waals surface area contributed by atoms with Gasteiger partial charge in [0.1, 0.15) is 0 Å². The van der Waals surface area contributed by atoms with Crippen molar-refractivity contribution in [3.63, 3.8) is 0 Å². The van der Waals surface area contributed by atoms with Gasteiger partial charge in [-0.25, -0.2) is 0 Å². The predicted molar refractivity (Wildman–Crippen MR) is 47.6 cm³/mol. The molecule has 1 fully saturated rings. The Labute approximate surface area is 68.1 Å². The normalized spacial score (nSPS) is 19.5.